The number of rotatable bonds is 4. The molecule has 2 aromatic heterocycles. The summed E-state index contributed by atoms with van der Waals surface area (Å²) in [5.74, 6) is -0.308. The van der Waals surface area contributed by atoms with Crippen molar-refractivity contribution in [3.8, 4) is 0 Å². The topological polar surface area (TPSA) is 60.7 Å². The molecule has 5 nitrogen and oxygen atoms in total. The molecule has 0 atom stereocenters. The van der Waals surface area contributed by atoms with Gasteiger partial charge in [-0.1, -0.05) is 24.3 Å². The van der Waals surface area contributed by atoms with E-state index in [-0.39, 0.29) is 24.6 Å². The van der Waals surface area contributed by atoms with Gasteiger partial charge in [0.1, 0.15) is 12.3 Å². The van der Waals surface area contributed by atoms with E-state index in [0.717, 1.165) is 24.1 Å². The Morgan fingerprint density at radius 2 is 1.93 bits per heavy atom. The van der Waals surface area contributed by atoms with Gasteiger partial charge >= 0.3 is 5.97 Å². The van der Waals surface area contributed by atoms with Crippen LogP contribution in [0.2, 0.25) is 0 Å². The Morgan fingerprint density at radius 3 is 2.78 bits per heavy atom. The lowest BCUT2D eigenvalue weighted by Gasteiger charge is -2.16. The minimum Gasteiger partial charge on any atom is -0.459 e. The lowest BCUT2D eigenvalue weighted by atomic mass is 9.90. The van der Waals surface area contributed by atoms with Gasteiger partial charge in [-0.05, 0) is 61.4 Å². The van der Waals surface area contributed by atoms with Gasteiger partial charge in [0.05, 0.1) is 12.1 Å². The van der Waals surface area contributed by atoms with E-state index in [1.807, 2.05) is 25.1 Å². The number of carbonyl (C=O) groups excluding carboxylic acids is 1. The zero-order valence-corrected chi connectivity index (χ0v) is 15.4. The molecule has 0 amide bonds. The Bertz CT molecular complexity index is 1070. The van der Waals surface area contributed by atoms with Crippen molar-refractivity contribution in [2.75, 3.05) is 0 Å². The maximum atomic E-state index is 12.3. The van der Waals surface area contributed by atoms with Crippen molar-refractivity contribution in [3.05, 3.63) is 80.9 Å². The number of aromatic nitrogens is 2. The molecule has 0 saturated carbocycles. The summed E-state index contributed by atoms with van der Waals surface area (Å²) in [7, 11) is 0. The molecule has 0 aliphatic heterocycles. The molecular weight excluding hydrogens is 340 g/mol. The van der Waals surface area contributed by atoms with Crippen LogP contribution in [0.5, 0.6) is 0 Å². The van der Waals surface area contributed by atoms with E-state index in [4.69, 9.17) is 4.74 Å². The average molecular weight is 362 g/mol. The first kappa shape index (κ1) is 17.5. The van der Waals surface area contributed by atoms with Crippen LogP contribution in [0.1, 0.15) is 40.9 Å². The molecule has 0 radical (unpaired) electrons. The highest BCUT2D eigenvalue weighted by Crippen LogP contribution is 2.22. The van der Waals surface area contributed by atoms with E-state index >= 15 is 0 Å². The highest BCUT2D eigenvalue weighted by atomic mass is 16.5. The van der Waals surface area contributed by atoms with Crippen LogP contribution in [0.15, 0.2) is 47.3 Å². The van der Waals surface area contributed by atoms with Crippen LogP contribution < -0.4 is 5.56 Å². The fraction of sp³-hybridized carbons (Fsp3) is 0.318. The van der Waals surface area contributed by atoms with Crippen LogP contribution in [0.25, 0.3) is 5.65 Å². The maximum absolute atomic E-state index is 12.3. The average Bonchev–Trinajstić information content (AvgIpc) is 2.66. The Hall–Kier alpha value is -2.95. The summed E-state index contributed by atoms with van der Waals surface area (Å²) in [5.41, 5.74) is 5.40. The van der Waals surface area contributed by atoms with Crippen LogP contribution >= 0.6 is 0 Å². The van der Waals surface area contributed by atoms with Gasteiger partial charge in [-0.25, -0.2) is 4.98 Å². The van der Waals surface area contributed by atoms with Gasteiger partial charge in [0.15, 0.2) is 0 Å². The van der Waals surface area contributed by atoms with Crippen LogP contribution in [0, 0.1) is 6.92 Å². The SMILES string of the molecule is Cc1cccc2nc(COC(=O)Cc3ccc4c(c3)CCCC4)cc(=O)n12. The van der Waals surface area contributed by atoms with Gasteiger partial charge in [-0.3, -0.25) is 14.0 Å². The zero-order chi connectivity index (χ0) is 18.8. The fourth-order valence-corrected chi connectivity index (χ4v) is 3.71. The summed E-state index contributed by atoms with van der Waals surface area (Å²) in [6, 6.07) is 13.2. The van der Waals surface area contributed by atoms with Crippen molar-refractivity contribution >= 4 is 11.6 Å². The predicted molar refractivity (Wildman–Crippen MR) is 103 cm³/mol. The molecule has 1 aliphatic rings. The Morgan fingerprint density at radius 1 is 1.11 bits per heavy atom. The smallest absolute Gasteiger partial charge is 0.310 e. The number of carbonyl (C=O) groups is 1. The third-order valence-electron chi connectivity index (χ3n) is 5.08. The van der Waals surface area contributed by atoms with Crippen molar-refractivity contribution in [1.29, 1.82) is 0 Å². The number of ether oxygens (including phenoxy) is 1. The van der Waals surface area contributed by atoms with Crippen molar-refractivity contribution in [2.45, 2.75) is 45.6 Å². The summed E-state index contributed by atoms with van der Waals surface area (Å²) in [5, 5.41) is 0. The van der Waals surface area contributed by atoms with E-state index in [0.29, 0.717) is 11.3 Å². The van der Waals surface area contributed by atoms with Crippen molar-refractivity contribution in [3.63, 3.8) is 0 Å². The summed E-state index contributed by atoms with van der Waals surface area (Å²) >= 11 is 0. The fourth-order valence-electron chi connectivity index (χ4n) is 3.71. The molecule has 5 heteroatoms. The van der Waals surface area contributed by atoms with Crippen molar-refractivity contribution in [2.24, 2.45) is 0 Å². The Balaban J connectivity index is 1.44. The second kappa shape index (κ2) is 7.35. The number of hydrogen-bond donors (Lipinski definition) is 0. The van der Waals surface area contributed by atoms with E-state index in [9.17, 15) is 9.59 Å². The number of esters is 1. The maximum Gasteiger partial charge on any atom is 0.310 e. The summed E-state index contributed by atoms with van der Waals surface area (Å²) in [4.78, 5) is 28.9. The Kier molecular flexibility index (Phi) is 4.75. The summed E-state index contributed by atoms with van der Waals surface area (Å²) < 4.78 is 6.90. The molecular formula is C22H22N2O3. The number of nitrogens with zero attached hydrogens (tertiary/aromatic N) is 2. The molecule has 0 spiro atoms. The number of hydrogen-bond acceptors (Lipinski definition) is 4. The quantitative estimate of drug-likeness (QED) is 0.669. The Labute approximate surface area is 157 Å². The molecule has 0 fully saturated rings. The van der Waals surface area contributed by atoms with Gasteiger partial charge in [-0.2, -0.15) is 0 Å². The van der Waals surface area contributed by atoms with Crippen LogP contribution in [0.4, 0.5) is 0 Å². The molecule has 0 bridgehead atoms. The summed E-state index contributed by atoms with van der Waals surface area (Å²) in [6.45, 7) is 1.86. The highest BCUT2D eigenvalue weighted by molar-refractivity contribution is 5.72. The zero-order valence-electron chi connectivity index (χ0n) is 15.4. The van der Waals surface area contributed by atoms with Crippen molar-refractivity contribution < 1.29 is 9.53 Å². The molecule has 1 aromatic carbocycles. The first-order valence-corrected chi connectivity index (χ1v) is 9.35. The van der Waals surface area contributed by atoms with Gasteiger partial charge in [-0.15, -0.1) is 0 Å². The molecule has 3 aromatic rings. The number of fused-ring (bicyclic) bond motifs is 2. The minimum absolute atomic E-state index is 0.00343. The van der Waals surface area contributed by atoms with Crippen LogP contribution in [-0.2, 0) is 35.4 Å². The van der Waals surface area contributed by atoms with Gasteiger partial charge in [0, 0.05) is 11.8 Å². The van der Waals surface area contributed by atoms with Gasteiger partial charge < -0.3 is 4.74 Å². The first-order chi connectivity index (χ1) is 13.1. The first-order valence-electron chi connectivity index (χ1n) is 9.35. The van der Waals surface area contributed by atoms with E-state index < -0.39 is 0 Å². The molecule has 1 aliphatic carbocycles. The predicted octanol–water partition coefficient (Wildman–Crippen LogP) is 3.17. The number of pyridine rings is 1. The van der Waals surface area contributed by atoms with E-state index in [1.165, 1.54) is 30.0 Å². The highest BCUT2D eigenvalue weighted by Gasteiger charge is 2.12. The van der Waals surface area contributed by atoms with Crippen LogP contribution in [0.3, 0.4) is 0 Å². The number of benzene rings is 1. The third kappa shape index (κ3) is 3.77. The summed E-state index contributed by atoms with van der Waals surface area (Å²) in [6.07, 6.45) is 4.90. The molecule has 2 heterocycles. The molecule has 0 saturated heterocycles. The largest absolute Gasteiger partial charge is 0.459 e. The molecule has 0 N–H and O–H groups in total. The standard InChI is InChI=1S/C22H22N2O3/c1-15-5-4-8-20-23-19(13-21(25)24(15)20)14-27-22(26)12-16-9-10-17-6-2-3-7-18(17)11-16/h4-5,8-11,13H,2-3,6-7,12,14H2,1H3. The molecule has 138 valence electrons. The normalized spacial score (nSPS) is 13.4. The van der Waals surface area contributed by atoms with Gasteiger partial charge in [0.2, 0.25) is 0 Å². The monoisotopic (exact) mass is 362 g/mol. The second-order valence-electron chi connectivity index (χ2n) is 7.09. The van der Waals surface area contributed by atoms with E-state index in [2.05, 4.69) is 17.1 Å². The molecule has 27 heavy (non-hydrogen) atoms. The minimum atomic E-state index is -0.308. The second-order valence-corrected chi connectivity index (χ2v) is 7.09. The lowest BCUT2D eigenvalue weighted by Crippen LogP contribution is -2.18. The molecule has 4 rings (SSSR count). The lowest BCUT2D eigenvalue weighted by molar-refractivity contribution is -0.144. The van der Waals surface area contributed by atoms with Gasteiger partial charge in [0.25, 0.3) is 5.56 Å². The third-order valence-corrected chi connectivity index (χ3v) is 5.08. The van der Waals surface area contributed by atoms with Crippen molar-refractivity contribution in [1.82, 2.24) is 9.38 Å². The number of aryl methyl sites for hydroxylation is 3. The van der Waals surface area contributed by atoms with Crippen LogP contribution in [-0.4, -0.2) is 15.4 Å². The molecule has 0 unspecified atom stereocenters. The van der Waals surface area contributed by atoms with E-state index in [1.54, 1.807) is 10.5 Å².